The molecule has 2 aromatic rings. The number of nitrogens with zero attached hydrogens (tertiary/aromatic N) is 2. The lowest BCUT2D eigenvalue weighted by Crippen LogP contribution is -2.48. The van der Waals surface area contributed by atoms with Crippen molar-refractivity contribution in [3.63, 3.8) is 0 Å². The number of fused-ring (bicyclic) bond motifs is 3. The van der Waals surface area contributed by atoms with Crippen molar-refractivity contribution in [2.24, 2.45) is 11.8 Å². The van der Waals surface area contributed by atoms with Crippen LogP contribution in [-0.2, 0) is 17.9 Å². The van der Waals surface area contributed by atoms with Crippen LogP contribution < -0.4 is 10.9 Å². The van der Waals surface area contributed by atoms with Gasteiger partial charge in [-0.15, -0.1) is 0 Å². The zero-order valence-corrected chi connectivity index (χ0v) is 19.2. The zero-order valence-electron chi connectivity index (χ0n) is 19.2. The molecule has 1 amide bonds. The summed E-state index contributed by atoms with van der Waals surface area (Å²) in [7, 11) is 0. The van der Waals surface area contributed by atoms with Gasteiger partial charge in [-0.05, 0) is 49.0 Å². The van der Waals surface area contributed by atoms with Crippen molar-refractivity contribution in [2.45, 2.75) is 57.8 Å². The van der Waals surface area contributed by atoms with E-state index in [0.717, 1.165) is 48.1 Å². The lowest BCUT2D eigenvalue weighted by atomic mass is 9.88. The van der Waals surface area contributed by atoms with Crippen molar-refractivity contribution in [3.8, 4) is 0 Å². The highest BCUT2D eigenvalue weighted by molar-refractivity contribution is 5.82. The van der Waals surface area contributed by atoms with Gasteiger partial charge in [-0.1, -0.05) is 43.3 Å². The van der Waals surface area contributed by atoms with Gasteiger partial charge in [0.2, 0.25) is 5.91 Å². The maximum Gasteiger partial charge on any atom is 0.258 e. The summed E-state index contributed by atoms with van der Waals surface area (Å²) < 4.78 is 1.91. The lowest BCUT2D eigenvalue weighted by Gasteiger charge is -2.31. The minimum absolute atomic E-state index is 0.0246. The first kappa shape index (κ1) is 22.1. The van der Waals surface area contributed by atoms with Crippen LogP contribution in [0.1, 0.15) is 55.5 Å². The minimum Gasteiger partial charge on any atom is -0.396 e. The number of nitrogens with one attached hydrogen (secondary N) is 1. The molecule has 1 saturated heterocycles. The van der Waals surface area contributed by atoms with Crippen LogP contribution in [0.3, 0.4) is 0 Å². The fourth-order valence-corrected chi connectivity index (χ4v) is 6.09. The van der Waals surface area contributed by atoms with Crippen molar-refractivity contribution < 1.29 is 9.90 Å². The van der Waals surface area contributed by atoms with Crippen molar-refractivity contribution in [1.29, 1.82) is 0 Å². The van der Waals surface area contributed by atoms with Gasteiger partial charge in [0.1, 0.15) is 0 Å². The number of likely N-dealkylation sites (tertiary alicyclic amines) is 1. The summed E-state index contributed by atoms with van der Waals surface area (Å²) in [6, 6.07) is 13.7. The second-order valence-electron chi connectivity index (χ2n) is 9.56. The topological polar surface area (TPSA) is 74.6 Å². The van der Waals surface area contributed by atoms with E-state index in [4.69, 9.17) is 0 Å². The molecule has 0 saturated carbocycles. The van der Waals surface area contributed by atoms with Crippen LogP contribution in [0.2, 0.25) is 0 Å². The van der Waals surface area contributed by atoms with E-state index in [-0.39, 0.29) is 36.0 Å². The SMILES string of the molecule is CCCNC(=O)[C@H]1[C@H](CO)[C@H]2Cn3c(ccc(C4=CCCC4)c3=O)[C@H]2N1Cc1ccccc1. The van der Waals surface area contributed by atoms with Crippen LogP contribution in [0.15, 0.2) is 53.3 Å². The van der Waals surface area contributed by atoms with E-state index in [2.05, 4.69) is 34.5 Å². The Labute approximate surface area is 194 Å². The summed E-state index contributed by atoms with van der Waals surface area (Å²) in [5.41, 5.74) is 4.12. The Morgan fingerprint density at radius 1 is 1.18 bits per heavy atom. The minimum atomic E-state index is -0.419. The van der Waals surface area contributed by atoms with Gasteiger partial charge >= 0.3 is 0 Å². The van der Waals surface area contributed by atoms with Gasteiger partial charge in [-0.25, -0.2) is 0 Å². The number of pyridine rings is 1. The Morgan fingerprint density at radius 3 is 2.70 bits per heavy atom. The number of hydrogen-bond acceptors (Lipinski definition) is 4. The monoisotopic (exact) mass is 447 g/mol. The summed E-state index contributed by atoms with van der Waals surface area (Å²) >= 11 is 0. The molecule has 1 aromatic heterocycles. The average Bonchev–Trinajstić information content (AvgIpc) is 3.55. The lowest BCUT2D eigenvalue weighted by molar-refractivity contribution is -0.128. The number of aromatic nitrogens is 1. The number of aliphatic hydroxyl groups excluding tert-OH is 1. The zero-order chi connectivity index (χ0) is 22.9. The summed E-state index contributed by atoms with van der Waals surface area (Å²) in [4.78, 5) is 29.0. The third-order valence-electron chi connectivity index (χ3n) is 7.60. The molecular formula is C27H33N3O3. The molecule has 0 bridgehead atoms. The van der Waals surface area contributed by atoms with Crippen molar-refractivity contribution in [1.82, 2.24) is 14.8 Å². The first-order chi connectivity index (χ1) is 16.1. The first-order valence-electron chi connectivity index (χ1n) is 12.3. The molecule has 0 radical (unpaired) electrons. The van der Waals surface area contributed by atoms with E-state index in [0.29, 0.717) is 19.6 Å². The third kappa shape index (κ3) is 3.85. The molecule has 0 unspecified atom stereocenters. The van der Waals surface area contributed by atoms with Gasteiger partial charge in [0.25, 0.3) is 5.56 Å². The summed E-state index contributed by atoms with van der Waals surface area (Å²) in [6.07, 6.45) is 6.15. The Morgan fingerprint density at radius 2 is 2.00 bits per heavy atom. The van der Waals surface area contributed by atoms with Gasteiger partial charge < -0.3 is 15.0 Å². The van der Waals surface area contributed by atoms with Crippen molar-refractivity contribution in [3.05, 3.63) is 75.7 Å². The molecule has 174 valence electrons. The molecule has 3 aliphatic rings. The predicted molar refractivity (Wildman–Crippen MR) is 128 cm³/mol. The number of carbonyl (C=O) groups excluding carboxylic acids is 1. The molecule has 5 rings (SSSR count). The number of hydrogen-bond donors (Lipinski definition) is 2. The number of allylic oxidation sites excluding steroid dienone is 2. The highest BCUT2D eigenvalue weighted by Crippen LogP contribution is 2.50. The van der Waals surface area contributed by atoms with Gasteiger partial charge in [0.15, 0.2) is 0 Å². The van der Waals surface area contributed by atoms with Crippen LogP contribution >= 0.6 is 0 Å². The standard InChI is InChI=1S/C27H33N3O3/c1-2-14-28-26(32)25-22(17-31)21-16-29-23(13-12-20(27(29)33)19-10-6-7-11-19)24(21)30(25)15-18-8-4-3-5-9-18/h3-5,8-10,12-13,21-22,24-25,31H,2,6-7,11,14-17H2,1H3,(H,28,32)/t21-,22-,24+,25-/m1/s1. The van der Waals surface area contributed by atoms with Crippen LogP contribution in [0.5, 0.6) is 0 Å². The van der Waals surface area contributed by atoms with Crippen LogP contribution in [0.4, 0.5) is 0 Å². The largest absolute Gasteiger partial charge is 0.396 e. The molecule has 6 nitrogen and oxygen atoms in total. The van der Waals surface area contributed by atoms with Crippen LogP contribution in [0.25, 0.3) is 5.57 Å². The van der Waals surface area contributed by atoms with Gasteiger partial charge in [0.05, 0.1) is 12.1 Å². The smallest absolute Gasteiger partial charge is 0.258 e. The predicted octanol–water partition coefficient (Wildman–Crippen LogP) is 3.11. The van der Waals surface area contributed by atoms with Gasteiger partial charge in [-0.2, -0.15) is 0 Å². The highest BCUT2D eigenvalue weighted by Gasteiger charge is 2.55. The summed E-state index contributed by atoms with van der Waals surface area (Å²) in [5.74, 6) is -0.219. The highest BCUT2D eigenvalue weighted by atomic mass is 16.3. The summed E-state index contributed by atoms with van der Waals surface area (Å²) in [5, 5.41) is 13.5. The average molecular weight is 448 g/mol. The second-order valence-corrected chi connectivity index (χ2v) is 9.56. The maximum atomic E-state index is 13.5. The van der Waals surface area contributed by atoms with Gasteiger partial charge in [-0.3, -0.25) is 14.5 Å². The number of benzene rings is 1. The molecule has 2 N–H and O–H groups in total. The van der Waals surface area contributed by atoms with Crippen LogP contribution in [-0.4, -0.2) is 39.7 Å². The first-order valence-corrected chi connectivity index (χ1v) is 12.3. The fourth-order valence-electron chi connectivity index (χ4n) is 6.09. The van der Waals surface area contributed by atoms with Crippen LogP contribution in [0, 0.1) is 11.8 Å². The molecule has 1 fully saturated rings. The Kier molecular flexibility index (Phi) is 6.21. The number of aliphatic hydroxyl groups is 1. The summed E-state index contributed by atoms with van der Waals surface area (Å²) in [6.45, 7) is 3.74. The quantitative estimate of drug-likeness (QED) is 0.684. The number of carbonyl (C=O) groups is 1. The van der Waals surface area contributed by atoms with Crippen molar-refractivity contribution >= 4 is 11.5 Å². The molecule has 6 heteroatoms. The molecule has 1 aliphatic carbocycles. The molecule has 4 atom stereocenters. The van der Waals surface area contributed by atoms with E-state index in [1.807, 2.05) is 35.8 Å². The number of rotatable bonds is 7. The normalized spacial score (nSPS) is 26.2. The Bertz CT molecular complexity index is 1110. The van der Waals surface area contributed by atoms with E-state index >= 15 is 0 Å². The molecular weight excluding hydrogens is 414 g/mol. The Hall–Kier alpha value is -2.70. The van der Waals surface area contributed by atoms with E-state index in [1.54, 1.807) is 0 Å². The van der Waals surface area contributed by atoms with E-state index in [9.17, 15) is 14.7 Å². The molecule has 0 spiro atoms. The van der Waals surface area contributed by atoms with E-state index in [1.165, 1.54) is 0 Å². The third-order valence-corrected chi connectivity index (χ3v) is 7.60. The second kappa shape index (κ2) is 9.27. The molecule has 3 heterocycles. The van der Waals surface area contributed by atoms with Crippen molar-refractivity contribution in [2.75, 3.05) is 13.2 Å². The van der Waals surface area contributed by atoms with Gasteiger partial charge in [0, 0.05) is 49.3 Å². The fraction of sp³-hybridized carbons (Fsp3) is 0.481. The molecule has 2 aliphatic heterocycles. The molecule has 1 aromatic carbocycles. The maximum absolute atomic E-state index is 13.5. The Balaban J connectivity index is 1.55. The molecule has 33 heavy (non-hydrogen) atoms. The van der Waals surface area contributed by atoms with E-state index < -0.39 is 6.04 Å². The number of amides is 1.